The first kappa shape index (κ1) is 21.7. The Kier molecular flexibility index (Phi) is 5.44. The Bertz CT molecular complexity index is 972. The number of aromatic nitrogens is 3. The Morgan fingerprint density at radius 2 is 1.88 bits per heavy atom. The number of hydrogen-bond donors (Lipinski definition) is 1. The van der Waals surface area contributed by atoms with Crippen molar-refractivity contribution < 1.29 is 17.9 Å². The molecule has 0 bridgehead atoms. The number of alkyl halides is 3. The molecule has 5 atom stereocenters. The van der Waals surface area contributed by atoms with Crippen LogP contribution in [-0.2, 0) is 10.9 Å². The van der Waals surface area contributed by atoms with Crippen molar-refractivity contribution in [2.75, 3.05) is 32.0 Å². The van der Waals surface area contributed by atoms with Crippen molar-refractivity contribution in [1.82, 2.24) is 19.7 Å². The van der Waals surface area contributed by atoms with Crippen LogP contribution in [0.5, 0.6) is 0 Å². The highest BCUT2D eigenvalue weighted by atomic mass is 19.4. The number of pyridine rings is 1. The summed E-state index contributed by atoms with van der Waals surface area (Å²) in [7, 11) is 0. The molecule has 2 saturated carbocycles. The van der Waals surface area contributed by atoms with Gasteiger partial charge < -0.3 is 10.5 Å². The minimum absolute atomic E-state index is 0.180. The van der Waals surface area contributed by atoms with E-state index < -0.39 is 17.6 Å². The van der Waals surface area contributed by atoms with Crippen LogP contribution >= 0.6 is 0 Å². The minimum atomic E-state index is -4.54. The zero-order chi connectivity index (χ0) is 22.6. The van der Waals surface area contributed by atoms with Crippen LogP contribution in [0.1, 0.15) is 56.3 Å². The van der Waals surface area contributed by atoms with Gasteiger partial charge in [0.15, 0.2) is 0 Å². The maximum Gasteiger partial charge on any atom is 0.419 e. The molecular weight excluding hydrogens is 419 g/mol. The molecule has 0 amide bonds. The second kappa shape index (κ2) is 8.02. The van der Waals surface area contributed by atoms with E-state index in [2.05, 4.69) is 23.7 Å². The lowest BCUT2D eigenvalue weighted by Crippen LogP contribution is -2.43. The molecule has 3 unspecified atom stereocenters. The van der Waals surface area contributed by atoms with Crippen molar-refractivity contribution in [2.24, 2.45) is 11.8 Å². The molecule has 9 heteroatoms. The quantitative estimate of drug-likeness (QED) is 0.735. The van der Waals surface area contributed by atoms with Crippen LogP contribution in [0.3, 0.4) is 0 Å². The zero-order valence-electron chi connectivity index (χ0n) is 18.5. The lowest BCUT2D eigenvalue weighted by atomic mass is 10.0. The summed E-state index contributed by atoms with van der Waals surface area (Å²) in [6.45, 7) is 7.86. The Labute approximate surface area is 185 Å². The standard InChI is InChI=1S/C23H30F3N5O/c1-3-13(2)31-20(21-16-9-15(10-17(16)21)30-4-6-32-7-5-30)11-19(29-31)14-8-18(23(24,25)26)22(27)28-12-14/h8,11-13,15-17,21H,3-7,9-10H2,1-2H3,(H2,27,28)/t13?,15?,16-,17+,21?. The van der Waals surface area contributed by atoms with Crippen LogP contribution in [0, 0.1) is 11.8 Å². The van der Waals surface area contributed by atoms with E-state index in [1.54, 1.807) is 0 Å². The van der Waals surface area contributed by atoms with E-state index in [0.29, 0.717) is 35.1 Å². The highest BCUT2D eigenvalue weighted by Gasteiger charge is 2.58. The highest BCUT2D eigenvalue weighted by molar-refractivity contribution is 5.63. The largest absolute Gasteiger partial charge is 0.419 e. The summed E-state index contributed by atoms with van der Waals surface area (Å²) in [6, 6.07) is 3.85. The Morgan fingerprint density at radius 3 is 2.50 bits per heavy atom. The summed E-state index contributed by atoms with van der Waals surface area (Å²) in [5.74, 6) is 1.19. The molecule has 2 aromatic heterocycles. The number of ether oxygens (including phenoxy) is 1. The summed E-state index contributed by atoms with van der Waals surface area (Å²) in [5, 5.41) is 4.74. The third-order valence-electron chi connectivity index (χ3n) is 7.62. The zero-order valence-corrected chi connectivity index (χ0v) is 18.5. The van der Waals surface area contributed by atoms with Crippen LogP contribution in [0.2, 0.25) is 0 Å². The first-order valence-corrected chi connectivity index (χ1v) is 11.5. The van der Waals surface area contributed by atoms with Crippen LogP contribution < -0.4 is 5.73 Å². The molecule has 32 heavy (non-hydrogen) atoms. The molecule has 0 aromatic carbocycles. The van der Waals surface area contributed by atoms with E-state index in [4.69, 9.17) is 15.6 Å². The van der Waals surface area contributed by atoms with Gasteiger partial charge in [-0.2, -0.15) is 18.3 Å². The average Bonchev–Trinajstić information content (AvgIpc) is 3.12. The van der Waals surface area contributed by atoms with E-state index in [-0.39, 0.29) is 6.04 Å². The molecule has 174 valence electrons. The molecule has 2 aliphatic carbocycles. The van der Waals surface area contributed by atoms with E-state index in [1.165, 1.54) is 19.0 Å². The molecule has 1 saturated heterocycles. The molecular formula is C23H30F3N5O. The Hall–Kier alpha value is -2.13. The molecule has 2 aromatic rings. The molecule has 0 radical (unpaired) electrons. The maximum atomic E-state index is 13.3. The average molecular weight is 450 g/mol. The molecule has 3 aliphatic rings. The van der Waals surface area contributed by atoms with Gasteiger partial charge in [-0.1, -0.05) is 6.92 Å². The van der Waals surface area contributed by atoms with Gasteiger partial charge in [-0.25, -0.2) is 4.98 Å². The van der Waals surface area contributed by atoms with Crippen molar-refractivity contribution in [3.8, 4) is 11.3 Å². The van der Waals surface area contributed by atoms with Crippen molar-refractivity contribution in [3.63, 3.8) is 0 Å². The fourth-order valence-electron chi connectivity index (χ4n) is 5.66. The molecule has 3 heterocycles. The smallest absolute Gasteiger partial charge is 0.383 e. The van der Waals surface area contributed by atoms with Crippen LogP contribution in [-0.4, -0.2) is 52.0 Å². The van der Waals surface area contributed by atoms with E-state index in [1.807, 2.05) is 10.7 Å². The summed E-state index contributed by atoms with van der Waals surface area (Å²) in [6.07, 6.45) is 0.105. The van der Waals surface area contributed by atoms with Gasteiger partial charge in [-0.15, -0.1) is 0 Å². The number of hydrogen-bond acceptors (Lipinski definition) is 5. The first-order valence-electron chi connectivity index (χ1n) is 11.5. The number of nitrogens with zero attached hydrogens (tertiary/aromatic N) is 4. The lowest BCUT2D eigenvalue weighted by Gasteiger charge is -2.33. The number of fused-ring (bicyclic) bond motifs is 1. The van der Waals surface area contributed by atoms with Gasteiger partial charge in [-0.3, -0.25) is 9.58 Å². The van der Waals surface area contributed by atoms with Crippen LogP contribution in [0.15, 0.2) is 18.3 Å². The molecule has 3 fully saturated rings. The fraction of sp³-hybridized carbons (Fsp3) is 0.652. The topological polar surface area (TPSA) is 69.2 Å². The van der Waals surface area contributed by atoms with Gasteiger partial charge in [0, 0.05) is 48.5 Å². The molecule has 6 nitrogen and oxygen atoms in total. The SMILES string of the molecule is CCC(C)n1nc(-c2cnc(N)c(C(F)(F)F)c2)cc1C1[C@H]2CC(N3CCOCC3)C[C@@H]12. The number of rotatable bonds is 5. The van der Waals surface area contributed by atoms with Crippen LogP contribution in [0.4, 0.5) is 19.0 Å². The van der Waals surface area contributed by atoms with E-state index in [9.17, 15) is 13.2 Å². The highest BCUT2D eigenvalue weighted by Crippen LogP contribution is 2.64. The number of anilines is 1. The number of nitrogens with two attached hydrogens (primary N) is 1. The predicted octanol–water partition coefficient (Wildman–Crippen LogP) is 4.34. The summed E-state index contributed by atoms with van der Waals surface area (Å²) in [5.41, 5.74) is 6.61. The van der Waals surface area contributed by atoms with Crippen molar-refractivity contribution in [3.05, 3.63) is 29.6 Å². The normalized spacial score (nSPS) is 29.2. The number of morpholine rings is 1. The Morgan fingerprint density at radius 1 is 1.19 bits per heavy atom. The molecule has 0 spiro atoms. The monoisotopic (exact) mass is 449 g/mol. The van der Waals surface area contributed by atoms with Gasteiger partial charge in [0.2, 0.25) is 0 Å². The van der Waals surface area contributed by atoms with Crippen molar-refractivity contribution in [2.45, 2.75) is 57.3 Å². The summed E-state index contributed by atoms with van der Waals surface area (Å²) in [4.78, 5) is 6.36. The summed E-state index contributed by atoms with van der Waals surface area (Å²) < 4.78 is 47.5. The van der Waals surface area contributed by atoms with E-state index >= 15 is 0 Å². The Balaban J connectivity index is 1.40. The second-order valence-corrected chi connectivity index (χ2v) is 9.44. The minimum Gasteiger partial charge on any atom is -0.383 e. The van der Waals surface area contributed by atoms with E-state index in [0.717, 1.165) is 44.5 Å². The van der Waals surface area contributed by atoms with Gasteiger partial charge in [0.1, 0.15) is 5.82 Å². The lowest BCUT2D eigenvalue weighted by molar-refractivity contribution is -0.137. The third kappa shape index (κ3) is 3.79. The van der Waals surface area contributed by atoms with Crippen LogP contribution in [0.25, 0.3) is 11.3 Å². The number of halogens is 3. The fourth-order valence-corrected chi connectivity index (χ4v) is 5.66. The number of nitrogen functional groups attached to an aromatic ring is 1. The van der Waals surface area contributed by atoms with Gasteiger partial charge >= 0.3 is 6.18 Å². The molecule has 5 rings (SSSR count). The molecule has 1 aliphatic heterocycles. The first-order chi connectivity index (χ1) is 15.3. The van der Waals surface area contributed by atoms with Crippen molar-refractivity contribution in [1.29, 1.82) is 0 Å². The van der Waals surface area contributed by atoms with Gasteiger partial charge in [-0.05, 0) is 50.2 Å². The maximum absolute atomic E-state index is 13.3. The summed E-state index contributed by atoms with van der Waals surface area (Å²) >= 11 is 0. The van der Waals surface area contributed by atoms with Crippen molar-refractivity contribution >= 4 is 5.82 Å². The predicted molar refractivity (Wildman–Crippen MR) is 115 cm³/mol. The van der Waals surface area contributed by atoms with Gasteiger partial charge in [0.25, 0.3) is 0 Å². The molecule has 2 N–H and O–H groups in total. The third-order valence-corrected chi connectivity index (χ3v) is 7.62. The van der Waals surface area contributed by atoms with Gasteiger partial charge in [0.05, 0.1) is 24.5 Å². The second-order valence-electron chi connectivity index (χ2n) is 9.44.